The van der Waals surface area contributed by atoms with E-state index in [2.05, 4.69) is 0 Å². The molecule has 0 saturated heterocycles. The molecular weight excluding hydrogens is 223 g/mol. The fraction of sp³-hybridized carbons (Fsp3) is 0. The van der Waals surface area contributed by atoms with Crippen molar-refractivity contribution in [3.05, 3.63) is 0 Å². The Kier molecular flexibility index (Phi) is 1490. The SMILES string of the molecule is [Fe+2].[O-2].[O-2].[O-2].[Sn+4]. The Labute approximate surface area is 57.5 Å². The first-order valence-electron chi connectivity index (χ1n) is 0. The zero-order valence-electron chi connectivity index (χ0n) is 2.08. The zero-order valence-corrected chi connectivity index (χ0v) is 6.04. The van der Waals surface area contributed by atoms with Crippen molar-refractivity contribution in [2.45, 2.75) is 0 Å². The van der Waals surface area contributed by atoms with Gasteiger partial charge in [0.15, 0.2) is 0 Å². The molecule has 0 aromatic rings. The summed E-state index contributed by atoms with van der Waals surface area (Å²) in [5, 5.41) is 0. The molecule has 0 rings (SSSR count). The minimum absolute atomic E-state index is 0. The van der Waals surface area contributed by atoms with Crippen molar-refractivity contribution in [1.29, 1.82) is 0 Å². The van der Waals surface area contributed by atoms with E-state index in [1.165, 1.54) is 0 Å². The molecule has 5 heavy (non-hydrogen) atoms. The molecule has 0 fully saturated rings. The summed E-state index contributed by atoms with van der Waals surface area (Å²) in [6.07, 6.45) is 0. The van der Waals surface area contributed by atoms with Crippen molar-refractivity contribution < 1.29 is 33.5 Å². The van der Waals surface area contributed by atoms with Crippen LogP contribution in [0.15, 0.2) is 0 Å². The van der Waals surface area contributed by atoms with E-state index >= 15 is 0 Å². The summed E-state index contributed by atoms with van der Waals surface area (Å²) >= 11 is 0. The van der Waals surface area contributed by atoms with Crippen molar-refractivity contribution in [1.82, 2.24) is 0 Å². The van der Waals surface area contributed by atoms with Gasteiger partial charge in [-0.2, -0.15) is 0 Å². The second-order valence-electron chi connectivity index (χ2n) is 0. The molecule has 3 nitrogen and oxygen atoms in total. The van der Waals surface area contributed by atoms with Gasteiger partial charge in [-0.25, -0.2) is 0 Å². The zero-order chi connectivity index (χ0) is 0. The minimum atomic E-state index is 0. The maximum Gasteiger partial charge on any atom is 4.00 e. The van der Waals surface area contributed by atoms with Crippen LogP contribution in [-0.4, -0.2) is 23.9 Å². The summed E-state index contributed by atoms with van der Waals surface area (Å²) in [7, 11) is 0. The molecule has 5 heteroatoms. The van der Waals surface area contributed by atoms with E-state index in [9.17, 15) is 0 Å². The Morgan fingerprint density at radius 3 is 0.600 bits per heavy atom. The molecule has 0 spiro atoms. The quantitative estimate of drug-likeness (QED) is 0.484. The van der Waals surface area contributed by atoms with Gasteiger partial charge in [0.2, 0.25) is 0 Å². The Morgan fingerprint density at radius 2 is 0.600 bits per heavy atom. The van der Waals surface area contributed by atoms with Crippen LogP contribution in [0.4, 0.5) is 0 Å². The third-order valence-electron chi connectivity index (χ3n) is 0. The molecule has 0 unspecified atom stereocenters. The average molecular weight is 223 g/mol. The van der Waals surface area contributed by atoms with Gasteiger partial charge < -0.3 is 16.4 Å². The smallest absolute Gasteiger partial charge is 2.00 e. The summed E-state index contributed by atoms with van der Waals surface area (Å²) in [6.45, 7) is 0. The van der Waals surface area contributed by atoms with Crippen LogP contribution in [0.1, 0.15) is 0 Å². The van der Waals surface area contributed by atoms with Gasteiger partial charge in [-0.3, -0.25) is 0 Å². The fourth-order valence-corrected chi connectivity index (χ4v) is 0. The van der Waals surface area contributed by atoms with Gasteiger partial charge >= 0.3 is 41.0 Å². The van der Waals surface area contributed by atoms with Gasteiger partial charge in [0.05, 0.1) is 0 Å². The van der Waals surface area contributed by atoms with Crippen LogP contribution in [-0.2, 0) is 33.5 Å². The van der Waals surface area contributed by atoms with Crippen LogP contribution in [0.5, 0.6) is 0 Å². The molecule has 30 valence electrons. The molecule has 0 atom stereocenters. The third-order valence-corrected chi connectivity index (χ3v) is 0. The van der Waals surface area contributed by atoms with Crippen LogP contribution in [0, 0.1) is 0 Å². The summed E-state index contributed by atoms with van der Waals surface area (Å²) in [5.41, 5.74) is 0. The molecule has 0 aliphatic carbocycles. The summed E-state index contributed by atoms with van der Waals surface area (Å²) < 4.78 is 0. The average Bonchev–Trinajstić information content (AvgIpc) is 0. The molecule has 0 aromatic carbocycles. The molecule has 0 aliphatic rings. The van der Waals surface area contributed by atoms with E-state index in [4.69, 9.17) is 0 Å². The van der Waals surface area contributed by atoms with E-state index in [1.54, 1.807) is 0 Å². The van der Waals surface area contributed by atoms with Crippen LogP contribution in [0.25, 0.3) is 0 Å². The number of rotatable bonds is 0. The van der Waals surface area contributed by atoms with Crippen molar-refractivity contribution in [3.63, 3.8) is 0 Å². The Balaban J connectivity index is 0. The van der Waals surface area contributed by atoms with Gasteiger partial charge in [0.25, 0.3) is 0 Å². The van der Waals surface area contributed by atoms with Crippen LogP contribution in [0.2, 0.25) is 0 Å². The minimum Gasteiger partial charge on any atom is -2.00 e. The maximum absolute atomic E-state index is 0. The molecule has 0 amide bonds. The van der Waals surface area contributed by atoms with E-state index in [0.29, 0.717) is 0 Å². The van der Waals surface area contributed by atoms with E-state index < -0.39 is 0 Å². The van der Waals surface area contributed by atoms with Crippen LogP contribution < -0.4 is 0 Å². The first kappa shape index (κ1) is 117. The van der Waals surface area contributed by atoms with Crippen molar-refractivity contribution in [3.8, 4) is 0 Å². The van der Waals surface area contributed by atoms with Crippen molar-refractivity contribution >= 4 is 23.9 Å². The summed E-state index contributed by atoms with van der Waals surface area (Å²) in [5.74, 6) is 0. The van der Waals surface area contributed by atoms with Gasteiger partial charge in [0.1, 0.15) is 0 Å². The van der Waals surface area contributed by atoms with Crippen LogP contribution in [0.3, 0.4) is 0 Å². The predicted octanol–water partition coefficient (Wildman–Crippen LogP) is -0.740. The summed E-state index contributed by atoms with van der Waals surface area (Å²) in [6, 6.07) is 0. The Bertz CT molecular complexity index is 6.85. The first-order chi connectivity index (χ1) is 0. The largest absolute Gasteiger partial charge is 4.00 e. The third kappa shape index (κ3) is 37.0. The first-order valence-corrected chi connectivity index (χ1v) is 0. The monoisotopic (exact) mass is 224 g/mol. The van der Waals surface area contributed by atoms with Gasteiger partial charge in [-0.05, 0) is 0 Å². The van der Waals surface area contributed by atoms with Crippen molar-refractivity contribution in [2.24, 2.45) is 0 Å². The standard InChI is InChI=1S/Fe.3O.Sn/q+2;3*-2;+4. The van der Waals surface area contributed by atoms with Gasteiger partial charge in [0, 0.05) is 0 Å². The van der Waals surface area contributed by atoms with E-state index in [1.807, 2.05) is 0 Å². The van der Waals surface area contributed by atoms with E-state index in [0.717, 1.165) is 0 Å². The molecule has 0 N–H and O–H groups in total. The molecular formula is FeO3Sn. The second-order valence-corrected chi connectivity index (χ2v) is 0. The second kappa shape index (κ2) is 63.8. The molecule has 0 radical (unpaired) electrons. The van der Waals surface area contributed by atoms with Crippen LogP contribution >= 0.6 is 0 Å². The van der Waals surface area contributed by atoms with Gasteiger partial charge in [-0.1, -0.05) is 0 Å². The molecule has 0 heterocycles. The summed E-state index contributed by atoms with van der Waals surface area (Å²) in [4.78, 5) is 0. The number of hydrogen-bond acceptors (Lipinski definition) is 0. The molecule has 0 bridgehead atoms. The van der Waals surface area contributed by atoms with Gasteiger partial charge in [-0.15, -0.1) is 0 Å². The predicted molar refractivity (Wildman–Crippen MR) is 7.81 cm³/mol. The topological polar surface area (TPSA) is 85.5 Å². The number of hydrogen-bond donors (Lipinski definition) is 0. The molecule has 0 aromatic heterocycles. The normalized spacial score (nSPS) is 0. The van der Waals surface area contributed by atoms with E-state index in [-0.39, 0.29) is 57.4 Å². The maximum atomic E-state index is 0. The fourth-order valence-electron chi connectivity index (χ4n) is 0. The van der Waals surface area contributed by atoms with Crippen molar-refractivity contribution in [2.75, 3.05) is 0 Å². The Hall–Kier alpha value is 1.20. The molecule has 0 aliphatic heterocycles. The molecule has 0 saturated carbocycles. The Morgan fingerprint density at radius 1 is 0.600 bits per heavy atom.